The number of nitriles is 1. The summed E-state index contributed by atoms with van der Waals surface area (Å²) in [5.74, 6) is 0.0811. The van der Waals surface area contributed by atoms with Crippen molar-refractivity contribution in [2.45, 2.75) is 51.5 Å². The fourth-order valence-corrected chi connectivity index (χ4v) is 3.20. The summed E-state index contributed by atoms with van der Waals surface area (Å²) in [7, 11) is 0. The predicted octanol–water partition coefficient (Wildman–Crippen LogP) is 2.30. The highest BCUT2D eigenvalue weighted by molar-refractivity contribution is 7.08. The molecule has 0 spiro atoms. The van der Waals surface area contributed by atoms with Crippen LogP contribution in [0, 0.1) is 17.2 Å². The van der Waals surface area contributed by atoms with Crippen LogP contribution >= 0.6 is 11.5 Å². The monoisotopic (exact) mass is 278 g/mol. The van der Waals surface area contributed by atoms with E-state index in [1.807, 2.05) is 6.92 Å². The van der Waals surface area contributed by atoms with Crippen molar-refractivity contribution in [1.29, 1.82) is 5.26 Å². The number of nitrogens with one attached hydrogen (secondary N) is 1. The Bertz CT molecular complexity index is 473. The van der Waals surface area contributed by atoms with Crippen LogP contribution < -0.4 is 5.32 Å². The summed E-state index contributed by atoms with van der Waals surface area (Å²) in [6, 6.07) is 1.84. The zero-order valence-electron chi connectivity index (χ0n) is 11.1. The summed E-state index contributed by atoms with van der Waals surface area (Å²) in [6.07, 6.45) is 6.28. The van der Waals surface area contributed by atoms with Crippen LogP contribution in [-0.4, -0.2) is 21.5 Å². The van der Waals surface area contributed by atoms with Crippen LogP contribution in [-0.2, 0) is 6.42 Å². The number of carbonyl (C=O) groups excluding carboxylic acids is 1. The van der Waals surface area contributed by atoms with Crippen LogP contribution in [0.4, 0.5) is 0 Å². The van der Waals surface area contributed by atoms with Gasteiger partial charge in [0.2, 0.25) is 0 Å². The fourth-order valence-electron chi connectivity index (χ4n) is 2.54. The first-order valence-electron chi connectivity index (χ1n) is 6.78. The highest BCUT2D eigenvalue weighted by Gasteiger charge is 2.26. The van der Waals surface area contributed by atoms with E-state index in [9.17, 15) is 10.1 Å². The van der Waals surface area contributed by atoms with Crippen LogP contribution in [0.5, 0.6) is 0 Å². The van der Waals surface area contributed by atoms with Crippen molar-refractivity contribution < 1.29 is 4.79 Å². The van der Waals surface area contributed by atoms with Gasteiger partial charge in [-0.15, -0.1) is 5.10 Å². The Kier molecular flexibility index (Phi) is 4.86. The lowest BCUT2D eigenvalue weighted by molar-refractivity contribution is 0.0932. The predicted molar refractivity (Wildman–Crippen MR) is 72.7 cm³/mol. The molecule has 0 bridgehead atoms. The van der Waals surface area contributed by atoms with Gasteiger partial charge in [0.05, 0.1) is 11.8 Å². The Morgan fingerprint density at radius 1 is 1.53 bits per heavy atom. The van der Waals surface area contributed by atoms with Crippen LogP contribution in [0.1, 0.15) is 54.4 Å². The summed E-state index contributed by atoms with van der Waals surface area (Å²) >= 11 is 1.10. The van der Waals surface area contributed by atoms with Crippen molar-refractivity contribution >= 4 is 17.4 Å². The number of nitrogens with zero attached hydrogens (tertiary/aromatic N) is 3. The molecule has 1 N–H and O–H groups in total. The summed E-state index contributed by atoms with van der Waals surface area (Å²) < 4.78 is 3.81. The molecular weight excluding hydrogens is 260 g/mol. The van der Waals surface area contributed by atoms with E-state index >= 15 is 0 Å². The molecule has 0 saturated heterocycles. The first-order valence-corrected chi connectivity index (χ1v) is 7.55. The molecule has 1 aromatic heterocycles. The minimum atomic E-state index is -0.389. The number of rotatable bonds is 4. The first kappa shape index (κ1) is 13.9. The molecule has 0 radical (unpaired) electrons. The molecule has 1 heterocycles. The van der Waals surface area contributed by atoms with Crippen LogP contribution in [0.2, 0.25) is 0 Å². The zero-order chi connectivity index (χ0) is 13.7. The number of aromatic nitrogens is 2. The van der Waals surface area contributed by atoms with Gasteiger partial charge in [0.15, 0.2) is 0 Å². The second-order valence-electron chi connectivity index (χ2n) is 4.88. The standard InChI is InChI=1S/C13H18N4OS/c1-2-10-12(19-17-16-10)13(18)15-11(8-14)9-6-4-3-5-7-9/h9,11H,2-7H2,1H3,(H,15,18). The maximum absolute atomic E-state index is 12.2. The fraction of sp³-hybridized carbons (Fsp3) is 0.692. The smallest absolute Gasteiger partial charge is 0.265 e. The molecule has 2 rings (SSSR count). The molecule has 102 valence electrons. The van der Waals surface area contributed by atoms with Crippen LogP contribution in [0.25, 0.3) is 0 Å². The molecule has 1 aliphatic carbocycles. The van der Waals surface area contributed by atoms with Crippen molar-refractivity contribution in [2.24, 2.45) is 5.92 Å². The number of hydrogen-bond acceptors (Lipinski definition) is 5. The average molecular weight is 278 g/mol. The molecule has 1 amide bonds. The van der Waals surface area contributed by atoms with Crippen molar-refractivity contribution in [2.75, 3.05) is 0 Å². The highest BCUT2D eigenvalue weighted by atomic mass is 32.1. The van der Waals surface area contributed by atoms with E-state index in [-0.39, 0.29) is 17.9 Å². The van der Waals surface area contributed by atoms with Gasteiger partial charge in [-0.25, -0.2) is 0 Å². The van der Waals surface area contributed by atoms with Gasteiger partial charge in [-0.3, -0.25) is 4.79 Å². The second kappa shape index (κ2) is 6.62. The quantitative estimate of drug-likeness (QED) is 0.916. The molecule has 1 unspecified atom stereocenters. The van der Waals surface area contributed by atoms with E-state index in [2.05, 4.69) is 21.0 Å². The molecule has 1 fully saturated rings. The molecule has 1 atom stereocenters. The highest BCUT2D eigenvalue weighted by Crippen LogP contribution is 2.26. The van der Waals surface area contributed by atoms with E-state index in [1.54, 1.807) is 0 Å². The zero-order valence-corrected chi connectivity index (χ0v) is 11.9. The lowest BCUT2D eigenvalue weighted by Crippen LogP contribution is -2.40. The van der Waals surface area contributed by atoms with Gasteiger partial charge < -0.3 is 5.32 Å². The van der Waals surface area contributed by atoms with Gasteiger partial charge in [-0.05, 0) is 36.7 Å². The van der Waals surface area contributed by atoms with Gasteiger partial charge in [0, 0.05) is 0 Å². The summed E-state index contributed by atoms with van der Waals surface area (Å²) in [6.45, 7) is 1.94. The largest absolute Gasteiger partial charge is 0.335 e. The second-order valence-corrected chi connectivity index (χ2v) is 5.63. The molecular formula is C13H18N4OS. The van der Waals surface area contributed by atoms with Crippen molar-refractivity contribution in [3.63, 3.8) is 0 Å². The Hall–Kier alpha value is -1.48. The Morgan fingerprint density at radius 2 is 2.26 bits per heavy atom. The number of amides is 1. The molecule has 1 aromatic rings. The van der Waals surface area contributed by atoms with E-state index in [0.717, 1.165) is 37.2 Å². The Labute approximate surface area is 117 Å². The third kappa shape index (κ3) is 3.29. The molecule has 5 nitrogen and oxygen atoms in total. The van der Waals surface area contributed by atoms with Crippen molar-refractivity contribution in [3.8, 4) is 6.07 Å². The SMILES string of the molecule is CCc1nnsc1C(=O)NC(C#N)C1CCCCC1. The number of carbonyl (C=O) groups is 1. The first-order chi connectivity index (χ1) is 9.26. The van der Waals surface area contributed by atoms with Gasteiger partial charge in [-0.2, -0.15) is 5.26 Å². The van der Waals surface area contributed by atoms with Gasteiger partial charge in [0.1, 0.15) is 10.9 Å². The normalized spacial score (nSPS) is 17.7. The summed E-state index contributed by atoms with van der Waals surface area (Å²) in [5.41, 5.74) is 0.711. The van der Waals surface area contributed by atoms with E-state index in [4.69, 9.17) is 0 Å². The summed E-state index contributed by atoms with van der Waals surface area (Å²) in [4.78, 5) is 12.7. The minimum Gasteiger partial charge on any atom is -0.335 e. The number of aryl methyl sites for hydroxylation is 1. The average Bonchev–Trinajstić information content (AvgIpc) is 2.94. The Balaban J connectivity index is 2.02. The molecule has 19 heavy (non-hydrogen) atoms. The maximum Gasteiger partial charge on any atom is 0.265 e. The Morgan fingerprint density at radius 3 is 2.89 bits per heavy atom. The third-order valence-electron chi connectivity index (χ3n) is 3.64. The number of hydrogen-bond donors (Lipinski definition) is 1. The molecule has 0 aromatic carbocycles. The minimum absolute atomic E-state index is 0.205. The van der Waals surface area contributed by atoms with Crippen molar-refractivity contribution in [1.82, 2.24) is 14.9 Å². The molecule has 6 heteroatoms. The summed E-state index contributed by atoms with van der Waals surface area (Å²) in [5, 5.41) is 16.0. The van der Waals surface area contributed by atoms with Gasteiger partial charge in [-0.1, -0.05) is 30.7 Å². The lowest BCUT2D eigenvalue weighted by atomic mass is 9.84. The van der Waals surface area contributed by atoms with Crippen LogP contribution in [0.15, 0.2) is 0 Å². The van der Waals surface area contributed by atoms with Crippen molar-refractivity contribution in [3.05, 3.63) is 10.6 Å². The maximum atomic E-state index is 12.2. The van der Waals surface area contributed by atoms with Gasteiger partial charge in [0.25, 0.3) is 5.91 Å². The molecule has 0 aliphatic heterocycles. The third-order valence-corrected chi connectivity index (χ3v) is 4.41. The van der Waals surface area contributed by atoms with E-state index in [0.29, 0.717) is 17.0 Å². The van der Waals surface area contributed by atoms with Gasteiger partial charge >= 0.3 is 0 Å². The molecule has 1 saturated carbocycles. The topological polar surface area (TPSA) is 78.7 Å². The molecule has 1 aliphatic rings. The van der Waals surface area contributed by atoms with E-state index in [1.165, 1.54) is 6.42 Å². The van der Waals surface area contributed by atoms with E-state index < -0.39 is 0 Å². The van der Waals surface area contributed by atoms with Crippen LogP contribution in [0.3, 0.4) is 0 Å². The lowest BCUT2D eigenvalue weighted by Gasteiger charge is -2.26.